The Labute approximate surface area is 214 Å². The standard InChI is InChI=1S/C31H36N4O/c1-5-7-12-25(6-2)22-34-17-11-18-35(20-19-34)26-16-15-23(3)29(21-26)32-24(4)30-27-13-9-8-10-14-28(27)33-31(30)36/h5-10,12-16,21H,2,11,17-20,22H2,1,3-4H3,(H,33,36)/b7-5-,25-12+,32-24+. The predicted octanol–water partition coefficient (Wildman–Crippen LogP) is 6.13. The van der Waals surface area contributed by atoms with Gasteiger partial charge in [0.15, 0.2) is 0 Å². The van der Waals surface area contributed by atoms with E-state index in [9.17, 15) is 4.79 Å². The molecule has 36 heavy (non-hydrogen) atoms. The van der Waals surface area contributed by atoms with Gasteiger partial charge in [0.25, 0.3) is 5.56 Å². The van der Waals surface area contributed by atoms with Crippen LogP contribution in [0.3, 0.4) is 0 Å². The van der Waals surface area contributed by atoms with Crippen molar-refractivity contribution in [2.45, 2.75) is 27.2 Å². The molecule has 1 saturated heterocycles. The summed E-state index contributed by atoms with van der Waals surface area (Å²) in [5.41, 5.74) is 7.42. The number of aromatic amines is 1. The van der Waals surface area contributed by atoms with Gasteiger partial charge >= 0.3 is 0 Å². The number of aliphatic imine (C=N–C) groups is 1. The summed E-state index contributed by atoms with van der Waals surface area (Å²) < 4.78 is 0. The molecule has 0 unspecified atom stereocenters. The number of aromatic nitrogens is 1. The molecule has 1 N–H and O–H groups in total. The van der Waals surface area contributed by atoms with Crippen molar-refractivity contribution in [3.8, 4) is 11.3 Å². The Hall–Kier alpha value is -3.70. The van der Waals surface area contributed by atoms with Crippen molar-refractivity contribution in [3.05, 3.63) is 106 Å². The summed E-state index contributed by atoms with van der Waals surface area (Å²) >= 11 is 0. The lowest BCUT2D eigenvalue weighted by atomic mass is 10.1. The molecule has 0 radical (unpaired) electrons. The maximum atomic E-state index is 12.7. The lowest BCUT2D eigenvalue weighted by Gasteiger charge is -2.24. The largest absolute Gasteiger partial charge is 0.370 e. The molecule has 5 heteroatoms. The van der Waals surface area contributed by atoms with E-state index in [1.165, 1.54) is 11.3 Å². The second kappa shape index (κ2) is 11.8. The van der Waals surface area contributed by atoms with Crippen LogP contribution in [0.15, 0.2) is 94.8 Å². The average molecular weight is 481 g/mol. The molecule has 4 rings (SSSR count). The van der Waals surface area contributed by atoms with Crippen LogP contribution in [0.4, 0.5) is 11.4 Å². The maximum absolute atomic E-state index is 12.7. The Bertz CT molecular complexity index is 1330. The number of anilines is 1. The molecule has 3 aliphatic rings. The predicted molar refractivity (Wildman–Crippen MR) is 153 cm³/mol. The zero-order valence-electron chi connectivity index (χ0n) is 21.6. The summed E-state index contributed by atoms with van der Waals surface area (Å²) in [5, 5.41) is 0. The van der Waals surface area contributed by atoms with Crippen LogP contribution >= 0.6 is 0 Å². The fraction of sp³-hybridized carbons (Fsp3) is 0.290. The number of H-pyrrole nitrogens is 1. The van der Waals surface area contributed by atoms with Crippen molar-refractivity contribution in [2.24, 2.45) is 4.99 Å². The number of benzene rings is 1. The number of fused-ring (bicyclic) bond motifs is 1. The summed E-state index contributed by atoms with van der Waals surface area (Å²) in [4.78, 5) is 25.6. The van der Waals surface area contributed by atoms with E-state index in [2.05, 4.69) is 58.6 Å². The molecule has 0 spiro atoms. The highest BCUT2D eigenvalue weighted by atomic mass is 16.1. The summed E-state index contributed by atoms with van der Waals surface area (Å²) in [6.07, 6.45) is 9.32. The van der Waals surface area contributed by atoms with E-state index in [0.29, 0.717) is 5.56 Å². The summed E-state index contributed by atoms with van der Waals surface area (Å²) in [6.45, 7) is 15.0. The van der Waals surface area contributed by atoms with Crippen LogP contribution in [0.5, 0.6) is 0 Å². The van der Waals surface area contributed by atoms with E-state index in [-0.39, 0.29) is 5.56 Å². The monoisotopic (exact) mass is 480 g/mol. The second-order valence-corrected chi connectivity index (χ2v) is 9.32. The van der Waals surface area contributed by atoms with Gasteiger partial charge in [0, 0.05) is 49.7 Å². The smallest absolute Gasteiger partial charge is 0.258 e. The van der Waals surface area contributed by atoms with E-state index in [0.717, 1.165) is 67.4 Å². The molecular formula is C31H36N4O. The van der Waals surface area contributed by atoms with Crippen LogP contribution in [0.1, 0.15) is 31.4 Å². The summed E-state index contributed by atoms with van der Waals surface area (Å²) in [5.74, 6) is 0. The molecule has 0 aromatic heterocycles. The first-order valence-electron chi connectivity index (χ1n) is 12.7. The third-order valence-corrected chi connectivity index (χ3v) is 6.75. The number of aryl methyl sites for hydroxylation is 1. The van der Waals surface area contributed by atoms with Gasteiger partial charge in [0.05, 0.1) is 17.0 Å². The molecule has 5 nitrogen and oxygen atoms in total. The molecular weight excluding hydrogens is 444 g/mol. The lowest BCUT2D eigenvalue weighted by molar-refractivity contribution is 0.320. The third kappa shape index (κ3) is 5.92. The lowest BCUT2D eigenvalue weighted by Crippen LogP contribution is -2.31. The van der Waals surface area contributed by atoms with Crippen LogP contribution in [-0.4, -0.2) is 48.3 Å². The quantitative estimate of drug-likeness (QED) is 0.327. The summed E-state index contributed by atoms with van der Waals surface area (Å²) in [6, 6.07) is 16.2. The Morgan fingerprint density at radius 3 is 2.75 bits per heavy atom. The molecule has 186 valence electrons. The van der Waals surface area contributed by atoms with Crippen molar-refractivity contribution >= 4 is 17.1 Å². The van der Waals surface area contributed by atoms with Crippen LogP contribution in [-0.2, 0) is 0 Å². The van der Waals surface area contributed by atoms with Crippen LogP contribution in [0.2, 0.25) is 0 Å². The van der Waals surface area contributed by atoms with Crippen molar-refractivity contribution in [2.75, 3.05) is 37.6 Å². The van der Waals surface area contributed by atoms with Gasteiger partial charge in [-0.2, -0.15) is 0 Å². The highest BCUT2D eigenvalue weighted by Gasteiger charge is 2.18. The van der Waals surface area contributed by atoms with Gasteiger partial charge in [0.2, 0.25) is 0 Å². The minimum atomic E-state index is -0.0961. The Balaban J connectivity index is 1.54. The SMILES string of the molecule is C=C/C(=C\C=C/C)CN1CCCN(c2ccc(C)c(/N=C(\C)c3c4cccccc-4[nH]c3=O)c2)CC1. The highest BCUT2D eigenvalue weighted by molar-refractivity contribution is 6.05. The zero-order valence-corrected chi connectivity index (χ0v) is 21.6. The van der Waals surface area contributed by atoms with Crippen molar-refractivity contribution in [1.82, 2.24) is 9.88 Å². The zero-order chi connectivity index (χ0) is 25.5. The van der Waals surface area contributed by atoms with Gasteiger partial charge in [-0.15, -0.1) is 0 Å². The first-order chi connectivity index (χ1) is 17.5. The second-order valence-electron chi connectivity index (χ2n) is 9.32. The molecule has 0 bridgehead atoms. The molecule has 1 fully saturated rings. The topological polar surface area (TPSA) is 51.7 Å². The van der Waals surface area contributed by atoms with E-state index >= 15 is 0 Å². The molecule has 0 atom stereocenters. The molecule has 0 amide bonds. The molecule has 1 aromatic carbocycles. The van der Waals surface area contributed by atoms with E-state index in [4.69, 9.17) is 4.99 Å². The first kappa shape index (κ1) is 25.4. The van der Waals surface area contributed by atoms with Gasteiger partial charge in [-0.05, 0) is 56.5 Å². The fourth-order valence-electron chi connectivity index (χ4n) is 4.74. The molecule has 1 aliphatic carbocycles. The average Bonchev–Trinajstić information content (AvgIpc) is 3.05. The van der Waals surface area contributed by atoms with Crippen LogP contribution in [0.25, 0.3) is 11.3 Å². The fourth-order valence-corrected chi connectivity index (χ4v) is 4.74. The van der Waals surface area contributed by atoms with Gasteiger partial charge < -0.3 is 9.88 Å². The van der Waals surface area contributed by atoms with E-state index in [1.807, 2.05) is 56.3 Å². The minimum absolute atomic E-state index is 0.0961. The van der Waals surface area contributed by atoms with Gasteiger partial charge in [-0.1, -0.05) is 61.2 Å². The van der Waals surface area contributed by atoms with Crippen molar-refractivity contribution in [1.29, 1.82) is 0 Å². The molecule has 2 aliphatic heterocycles. The highest BCUT2D eigenvalue weighted by Crippen LogP contribution is 2.29. The van der Waals surface area contributed by atoms with Gasteiger partial charge in [0.1, 0.15) is 0 Å². The Morgan fingerprint density at radius 1 is 1.11 bits per heavy atom. The first-order valence-corrected chi connectivity index (χ1v) is 12.7. The maximum Gasteiger partial charge on any atom is 0.258 e. The minimum Gasteiger partial charge on any atom is -0.370 e. The molecule has 1 aromatic rings. The van der Waals surface area contributed by atoms with Gasteiger partial charge in [-0.3, -0.25) is 14.7 Å². The third-order valence-electron chi connectivity index (χ3n) is 6.75. The normalized spacial score (nSPS) is 16.0. The molecule has 0 saturated carbocycles. The number of nitrogens with zero attached hydrogens (tertiary/aromatic N) is 3. The van der Waals surface area contributed by atoms with Crippen LogP contribution < -0.4 is 10.5 Å². The van der Waals surface area contributed by atoms with Crippen LogP contribution in [0, 0.1) is 6.92 Å². The molecule has 2 heterocycles. The number of nitrogens with one attached hydrogen (secondary N) is 1. The van der Waals surface area contributed by atoms with Crippen molar-refractivity contribution in [3.63, 3.8) is 0 Å². The number of hydrogen-bond acceptors (Lipinski definition) is 4. The number of allylic oxidation sites excluding steroid dienone is 3. The Kier molecular flexibility index (Phi) is 8.34. The Morgan fingerprint density at radius 2 is 1.94 bits per heavy atom. The van der Waals surface area contributed by atoms with Gasteiger partial charge in [-0.25, -0.2) is 0 Å². The van der Waals surface area contributed by atoms with Crippen molar-refractivity contribution < 1.29 is 0 Å². The van der Waals surface area contributed by atoms with E-state index < -0.39 is 0 Å². The number of rotatable bonds is 7. The number of hydrogen-bond donors (Lipinski definition) is 1. The summed E-state index contributed by atoms with van der Waals surface area (Å²) in [7, 11) is 0. The van der Waals surface area contributed by atoms with E-state index in [1.54, 1.807) is 0 Å².